The van der Waals surface area contributed by atoms with Crippen LogP contribution in [-0.2, 0) is 20.6 Å². The van der Waals surface area contributed by atoms with Gasteiger partial charge in [0.1, 0.15) is 0 Å². The number of rotatable bonds is 11. The summed E-state index contributed by atoms with van der Waals surface area (Å²) in [6.07, 6.45) is 5.30. The molecule has 0 amide bonds. The highest BCUT2D eigenvalue weighted by Gasteiger charge is 2.37. The number of hydrogen-bond acceptors (Lipinski definition) is 6. The first-order chi connectivity index (χ1) is 15.0. The lowest BCUT2D eigenvalue weighted by atomic mass is 10.1. The summed E-state index contributed by atoms with van der Waals surface area (Å²) in [5.74, 6) is -0.108. The Labute approximate surface area is 196 Å². The molecule has 0 unspecified atom stereocenters. The second-order valence-corrected chi connectivity index (χ2v) is 14.8. The van der Waals surface area contributed by atoms with Crippen molar-refractivity contribution in [2.45, 2.75) is 92.0 Å². The zero-order valence-electron chi connectivity index (χ0n) is 21.4. The highest BCUT2D eigenvalue weighted by atomic mass is 28.4. The van der Waals surface area contributed by atoms with E-state index in [1.54, 1.807) is 0 Å². The average molecular weight is 462 g/mol. The molecule has 1 N–H and O–H groups in total. The summed E-state index contributed by atoms with van der Waals surface area (Å²) in [4.78, 5) is 11.6. The van der Waals surface area contributed by atoms with Crippen LogP contribution in [0.4, 0.5) is 5.69 Å². The third-order valence-corrected chi connectivity index (χ3v) is 11.0. The molecule has 0 fully saturated rings. The molecule has 0 saturated carbocycles. The van der Waals surface area contributed by atoms with Gasteiger partial charge in [0.2, 0.25) is 0 Å². The second kappa shape index (κ2) is 11.3. The highest BCUT2D eigenvalue weighted by molar-refractivity contribution is 6.74. The Balaban J connectivity index is 2.08. The summed E-state index contributed by atoms with van der Waals surface area (Å²) in [5.41, 5.74) is 8.26. The van der Waals surface area contributed by atoms with Crippen molar-refractivity contribution in [1.29, 1.82) is 0 Å². The molecule has 2 rings (SSSR count). The number of anilines is 1. The zero-order chi connectivity index (χ0) is 23.9. The van der Waals surface area contributed by atoms with E-state index >= 15 is 0 Å². The van der Waals surface area contributed by atoms with Gasteiger partial charge in [0.25, 0.3) is 0 Å². The number of aryl methyl sites for hydroxylation is 1. The zero-order valence-corrected chi connectivity index (χ0v) is 22.4. The lowest BCUT2D eigenvalue weighted by Crippen LogP contribution is -2.41. The molecule has 0 aliphatic carbocycles. The van der Waals surface area contributed by atoms with Crippen molar-refractivity contribution in [3.63, 3.8) is 0 Å². The minimum absolute atomic E-state index is 0.108. The Morgan fingerprint density at radius 1 is 1.16 bits per heavy atom. The number of hydrogen-bond donors (Lipinski definition) is 1. The van der Waals surface area contributed by atoms with E-state index in [1.807, 2.05) is 6.92 Å². The SMILES string of the molecule is CCOC(=O)CCCCC1=CN(CC)NN1c1ccc(C)c(CO[Si](C)(C)C(C)(C)C)c1. The number of carbonyl (C=O) groups is 1. The van der Waals surface area contributed by atoms with Crippen LogP contribution >= 0.6 is 0 Å². The number of unbranched alkanes of at least 4 members (excludes halogenated alkanes) is 1. The normalized spacial score (nSPS) is 14.7. The molecule has 1 aliphatic heterocycles. The number of nitrogens with one attached hydrogen (secondary N) is 1. The molecule has 6 nitrogen and oxygen atoms in total. The van der Waals surface area contributed by atoms with Crippen LogP contribution in [0.2, 0.25) is 18.1 Å². The van der Waals surface area contributed by atoms with Gasteiger partial charge in [0.15, 0.2) is 8.32 Å². The molecular weight excluding hydrogens is 418 g/mol. The largest absolute Gasteiger partial charge is 0.466 e. The maximum Gasteiger partial charge on any atom is 0.305 e. The van der Waals surface area contributed by atoms with Crippen molar-refractivity contribution in [3.8, 4) is 0 Å². The number of allylic oxidation sites excluding steroid dienone is 1. The molecule has 1 aromatic rings. The Morgan fingerprint density at radius 2 is 1.88 bits per heavy atom. The van der Waals surface area contributed by atoms with E-state index in [9.17, 15) is 4.79 Å². The molecule has 1 heterocycles. The minimum Gasteiger partial charge on any atom is -0.466 e. The van der Waals surface area contributed by atoms with Crippen molar-refractivity contribution in [2.75, 3.05) is 18.2 Å². The van der Waals surface area contributed by atoms with E-state index in [-0.39, 0.29) is 11.0 Å². The van der Waals surface area contributed by atoms with Gasteiger partial charge < -0.3 is 9.16 Å². The maximum absolute atomic E-state index is 11.6. The Morgan fingerprint density at radius 3 is 2.50 bits per heavy atom. The van der Waals surface area contributed by atoms with Crippen LogP contribution in [0.5, 0.6) is 0 Å². The van der Waals surface area contributed by atoms with Gasteiger partial charge in [-0.2, -0.15) is 0 Å². The van der Waals surface area contributed by atoms with E-state index in [1.165, 1.54) is 16.8 Å². The first-order valence-corrected chi connectivity index (χ1v) is 14.8. The maximum atomic E-state index is 11.6. The summed E-state index contributed by atoms with van der Waals surface area (Å²) in [6.45, 7) is 19.5. The number of hydrazine groups is 2. The third kappa shape index (κ3) is 7.09. The summed E-state index contributed by atoms with van der Waals surface area (Å²) in [7, 11) is -1.81. The smallest absolute Gasteiger partial charge is 0.305 e. The van der Waals surface area contributed by atoms with Gasteiger partial charge in [0.05, 0.1) is 24.6 Å². The molecular formula is C25H43N3O3Si. The van der Waals surface area contributed by atoms with Crippen molar-refractivity contribution >= 4 is 20.0 Å². The monoisotopic (exact) mass is 461 g/mol. The molecule has 1 aliphatic rings. The lowest BCUT2D eigenvalue weighted by Gasteiger charge is -2.36. The van der Waals surface area contributed by atoms with Crippen molar-refractivity contribution in [2.24, 2.45) is 0 Å². The van der Waals surface area contributed by atoms with Gasteiger partial charge in [-0.1, -0.05) is 26.8 Å². The van der Waals surface area contributed by atoms with E-state index in [0.717, 1.165) is 31.5 Å². The number of esters is 1. The summed E-state index contributed by atoms with van der Waals surface area (Å²) >= 11 is 0. The lowest BCUT2D eigenvalue weighted by molar-refractivity contribution is -0.143. The number of ether oxygens (including phenoxy) is 1. The van der Waals surface area contributed by atoms with Crippen molar-refractivity contribution in [1.82, 2.24) is 10.5 Å². The molecule has 0 radical (unpaired) electrons. The van der Waals surface area contributed by atoms with Crippen molar-refractivity contribution in [3.05, 3.63) is 41.2 Å². The molecule has 32 heavy (non-hydrogen) atoms. The van der Waals surface area contributed by atoms with Crippen LogP contribution in [0.15, 0.2) is 30.1 Å². The standard InChI is InChI=1S/C25H43N3O3Si/c1-9-27-18-23(13-11-12-14-24(29)30-10-2)28(26-27)22-16-15-20(3)21(17-22)19-31-32(7,8)25(4,5)6/h15-18,26H,9-14,19H2,1-8H3. The molecule has 0 atom stereocenters. The van der Waals surface area contributed by atoms with E-state index < -0.39 is 8.32 Å². The van der Waals surface area contributed by atoms with Gasteiger partial charge in [-0.25, -0.2) is 0 Å². The predicted octanol–water partition coefficient (Wildman–Crippen LogP) is 6.04. The average Bonchev–Trinajstić information content (AvgIpc) is 3.13. The molecule has 0 aromatic heterocycles. The molecule has 0 spiro atoms. The van der Waals surface area contributed by atoms with Gasteiger partial charge in [-0.15, -0.1) is 5.53 Å². The first-order valence-electron chi connectivity index (χ1n) is 11.9. The number of benzene rings is 1. The van der Waals surface area contributed by atoms with E-state index in [4.69, 9.17) is 9.16 Å². The van der Waals surface area contributed by atoms with E-state index in [0.29, 0.717) is 19.6 Å². The third-order valence-electron chi connectivity index (χ3n) is 6.52. The number of nitrogens with zero attached hydrogens (tertiary/aromatic N) is 2. The van der Waals surface area contributed by atoms with Gasteiger partial charge in [0, 0.05) is 19.2 Å². The van der Waals surface area contributed by atoms with Crippen LogP contribution in [0.1, 0.15) is 71.4 Å². The van der Waals surface area contributed by atoms with E-state index in [2.05, 4.69) is 87.7 Å². The fourth-order valence-corrected chi connectivity index (χ4v) is 4.21. The first kappa shape index (κ1) is 26.4. The molecule has 0 saturated heterocycles. The van der Waals surface area contributed by atoms with Crippen LogP contribution in [0, 0.1) is 6.92 Å². The second-order valence-electron chi connectivity index (χ2n) is 10.0. The molecule has 7 heteroatoms. The van der Waals surface area contributed by atoms with Crippen molar-refractivity contribution < 1.29 is 14.0 Å². The summed E-state index contributed by atoms with van der Waals surface area (Å²) in [6, 6.07) is 6.57. The fraction of sp³-hybridized carbons (Fsp3) is 0.640. The Bertz CT molecular complexity index is 802. The van der Waals surface area contributed by atoms with Crippen LogP contribution < -0.4 is 10.5 Å². The topological polar surface area (TPSA) is 54.0 Å². The number of carbonyl (C=O) groups excluding carboxylic acids is 1. The quantitative estimate of drug-likeness (QED) is 0.246. The summed E-state index contributed by atoms with van der Waals surface area (Å²) < 4.78 is 11.5. The highest BCUT2D eigenvalue weighted by Crippen LogP contribution is 2.37. The van der Waals surface area contributed by atoms with Gasteiger partial charge in [-0.05, 0) is 81.4 Å². The van der Waals surface area contributed by atoms with Gasteiger partial charge >= 0.3 is 5.97 Å². The minimum atomic E-state index is -1.81. The van der Waals surface area contributed by atoms with Crippen LogP contribution in [-0.4, -0.2) is 32.4 Å². The molecule has 1 aromatic carbocycles. The molecule has 180 valence electrons. The Kier molecular flexibility index (Phi) is 9.36. The predicted molar refractivity (Wildman–Crippen MR) is 134 cm³/mol. The molecule has 0 bridgehead atoms. The van der Waals surface area contributed by atoms with Crippen LogP contribution in [0.25, 0.3) is 0 Å². The summed E-state index contributed by atoms with van der Waals surface area (Å²) in [5, 5.41) is 4.44. The van der Waals surface area contributed by atoms with Crippen LogP contribution in [0.3, 0.4) is 0 Å². The Hall–Kier alpha value is -1.83. The fourth-order valence-electron chi connectivity index (χ4n) is 3.26. The van der Waals surface area contributed by atoms with Gasteiger partial charge in [-0.3, -0.25) is 14.8 Å².